The quantitative estimate of drug-likeness (QED) is 0.329. The summed E-state index contributed by atoms with van der Waals surface area (Å²) in [7, 11) is -3.98. The van der Waals surface area contributed by atoms with Gasteiger partial charge in [0.15, 0.2) is 0 Å². The van der Waals surface area contributed by atoms with E-state index in [1.54, 1.807) is 48.5 Å². The topological polar surface area (TPSA) is 88.6 Å². The summed E-state index contributed by atoms with van der Waals surface area (Å²) in [4.78, 5) is 16.7. The fourth-order valence-electron chi connectivity index (χ4n) is 3.26. The Bertz CT molecular complexity index is 1370. The lowest BCUT2D eigenvalue weighted by atomic mass is 10.2. The molecule has 0 unspecified atom stereocenters. The summed E-state index contributed by atoms with van der Waals surface area (Å²) < 4.78 is 33.4. The molecule has 0 aliphatic carbocycles. The number of carbonyl (C=O) groups excluding carboxylic acids is 1. The Labute approximate surface area is 209 Å². The molecule has 9 heteroatoms. The van der Waals surface area contributed by atoms with Gasteiger partial charge in [0.05, 0.1) is 6.54 Å². The van der Waals surface area contributed by atoms with Gasteiger partial charge < -0.3 is 10.1 Å². The van der Waals surface area contributed by atoms with Crippen molar-refractivity contribution >= 4 is 33.2 Å². The predicted molar refractivity (Wildman–Crippen MR) is 135 cm³/mol. The molecule has 1 N–H and O–H groups in total. The number of nitrogens with zero attached hydrogens (tertiary/aromatic N) is 2. The molecule has 0 aliphatic rings. The number of aromatic nitrogens is 1. The number of hydrogen-bond donors (Lipinski definition) is 1. The molecule has 0 fully saturated rings. The zero-order valence-electron chi connectivity index (χ0n) is 18.5. The fraction of sp³-hybridized carbons (Fsp3) is 0.0769. The van der Waals surface area contributed by atoms with E-state index >= 15 is 0 Å². The summed E-state index contributed by atoms with van der Waals surface area (Å²) in [5, 5.41) is 3.28. The van der Waals surface area contributed by atoms with Gasteiger partial charge in [0.2, 0.25) is 15.9 Å². The highest BCUT2D eigenvalue weighted by Crippen LogP contribution is 2.23. The van der Waals surface area contributed by atoms with Crippen molar-refractivity contribution in [2.24, 2.45) is 0 Å². The molecule has 0 atom stereocenters. The molecule has 0 spiro atoms. The van der Waals surface area contributed by atoms with Crippen molar-refractivity contribution in [3.05, 3.63) is 114 Å². The van der Waals surface area contributed by atoms with Crippen molar-refractivity contribution in [2.75, 3.05) is 11.9 Å². The molecule has 0 saturated heterocycles. The van der Waals surface area contributed by atoms with E-state index in [1.807, 2.05) is 30.3 Å². The van der Waals surface area contributed by atoms with Gasteiger partial charge in [-0.2, -0.15) is 4.31 Å². The fourth-order valence-corrected chi connectivity index (χ4v) is 4.73. The van der Waals surface area contributed by atoms with E-state index in [2.05, 4.69) is 10.3 Å². The maximum atomic E-state index is 13.3. The summed E-state index contributed by atoms with van der Waals surface area (Å²) in [6.07, 6.45) is 2.74. The number of rotatable bonds is 9. The van der Waals surface area contributed by atoms with Crippen LogP contribution in [0, 0.1) is 0 Å². The molecule has 3 aromatic carbocycles. The van der Waals surface area contributed by atoms with Gasteiger partial charge in [-0.25, -0.2) is 8.42 Å². The largest absolute Gasteiger partial charge is 0.457 e. The van der Waals surface area contributed by atoms with Crippen LogP contribution in [0.25, 0.3) is 0 Å². The summed E-state index contributed by atoms with van der Waals surface area (Å²) in [5.74, 6) is 0.823. The number of benzene rings is 3. The lowest BCUT2D eigenvalue weighted by Gasteiger charge is -2.22. The molecule has 178 valence electrons. The van der Waals surface area contributed by atoms with Gasteiger partial charge in [0.25, 0.3) is 0 Å². The van der Waals surface area contributed by atoms with E-state index < -0.39 is 15.9 Å². The Hall–Kier alpha value is -3.72. The van der Waals surface area contributed by atoms with Crippen molar-refractivity contribution in [3.63, 3.8) is 0 Å². The highest BCUT2D eigenvalue weighted by atomic mass is 35.5. The molecule has 0 radical (unpaired) electrons. The maximum Gasteiger partial charge on any atom is 0.245 e. The van der Waals surface area contributed by atoms with Crippen LogP contribution in [0.2, 0.25) is 5.02 Å². The van der Waals surface area contributed by atoms with E-state index in [0.717, 1.165) is 4.31 Å². The second-order valence-corrected chi connectivity index (χ2v) is 9.95. The Morgan fingerprint density at radius 3 is 2.23 bits per heavy atom. The summed E-state index contributed by atoms with van der Waals surface area (Å²) in [6.45, 7) is -0.395. The minimum Gasteiger partial charge on any atom is -0.457 e. The Morgan fingerprint density at radius 1 is 0.886 bits per heavy atom. The van der Waals surface area contributed by atoms with Crippen molar-refractivity contribution < 1.29 is 17.9 Å². The number of nitrogens with one attached hydrogen (secondary N) is 1. The smallest absolute Gasteiger partial charge is 0.245 e. The molecular formula is C26H22ClN3O4S. The van der Waals surface area contributed by atoms with E-state index in [0.29, 0.717) is 27.8 Å². The molecule has 1 amide bonds. The highest BCUT2D eigenvalue weighted by Gasteiger charge is 2.27. The van der Waals surface area contributed by atoms with Crippen LogP contribution in [0.1, 0.15) is 5.56 Å². The molecule has 1 aromatic heterocycles. The molecule has 7 nitrogen and oxygen atoms in total. The lowest BCUT2D eigenvalue weighted by molar-refractivity contribution is -0.116. The second kappa shape index (κ2) is 11.1. The Balaban J connectivity index is 1.48. The molecule has 0 aliphatic heterocycles. The standard InChI is InChI=1S/C26H22ClN3O4S/c27-21-10-8-20(9-11-21)18-30(35(32,33)25-7-4-16-28-17-25)19-26(31)29-22-12-14-24(15-13-22)34-23-5-2-1-3-6-23/h1-17H,18-19H2,(H,29,31). The average molecular weight is 508 g/mol. The number of hydrogen-bond acceptors (Lipinski definition) is 5. The SMILES string of the molecule is O=C(CN(Cc1ccc(Cl)cc1)S(=O)(=O)c1cccnc1)Nc1ccc(Oc2ccccc2)cc1. The van der Waals surface area contributed by atoms with Crippen LogP contribution in [-0.4, -0.2) is 30.2 Å². The number of carbonyl (C=O) groups is 1. The van der Waals surface area contributed by atoms with Crippen molar-refractivity contribution in [2.45, 2.75) is 11.4 Å². The average Bonchev–Trinajstić information content (AvgIpc) is 2.87. The first-order valence-corrected chi connectivity index (χ1v) is 12.5. The molecule has 1 heterocycles. The zero-order valence-corrected chi connectivity index (χ0v) is 20.1. The van der Waals surface area contributed by atoms with Crippen molar-refractivity contribution in [1.82, 2.24) is 9.29 Å². The summed E-state index contributed by atoms with van der Waals surface area (Å²) in [5.41, 5.74) is 1.21. The van der Waals surface area contributed by atoms with Crippen LogP contribution in [0.4, 0.5) is 5.69 Å². The number of halogens is 1. The van der Waals surface area contributed by atoms with Crippen LogP contribution in [0.15, 0.2) is 108 Å². The summed E-state index contributed by atoms with van der Waals surface area (Å²) in [6, 6.07) is 25.9. The molecule has 4 aromatic rings. The third-order valence-corrected chi connectivity index (χ3v) is 7.01. The number of amides is 1. The maximum absolute atomic E-state index is 13.3. The van der Waals surface area contributed by atoms with Crippen molar-refractivity contribution in [1.29, 1.82) is 0 Å². The third-order valence-electron chi connectivity index (χ3n) is 4.98. The second-order valence-electron chi connectivity index (χ2n) is 7.58. The molecule has 0 bridgehead atoms. The number of anilines is 1. The first-order valence-electron chi connectivity index (χ1n) is 10.7. The van der Waals surface area contributed by atoms with Crippen molar-refractivity contribution in [3.8, 4) is 11.5 Å². The molecular weight excluding hydrogens is 486 g/mol. The highest BCUT2D eigenvalue weighted by molar-refractivity contribution is 7.89. The molecule has 35 heavy (non-hydrogen) atoms. The van der Waals surface area contributed by atoms with Crippen LogP contribution >= 0.6 is 11.6 Å². The first kappa shape index (κ1) is 24.4. The van der Waals surface area contributed by atoms with Crippen LogP contribution in [-0.2, 0) is 21.4 Å². The van der Waals surface area contributed by atoms with Gasteiger partial charge in [0.1, 0.15) is 16.4 Å². The zero-order chi connectivity index (χ0) is 24.7. The van der Waals surface area contributed by atoms with E-state index in [9.17, 15) is 13.2 Å². The Kier molecular flexibility index (Phi) is 7.77. The minimum absolute atomic E-state index is 0.00387. The van der Waals surface area contributed by atoms with Gasteiger partial charge in [-0.3, -0.25) is 9.78 Å². The van der Waals surface area contributed by atoms with Gasteiger partial charge in [-0.1, -0.05) is 41.9 Å². The van der Waals surface area contributed by atoms with Crippen LogP contribution < -0.4 is 10.1 Å². The number of pyridine rings is 1. The van der Waals surface area contributed by atoms with Gasteiger partial charge >= 0.3 is 0 Å². The van der Waals surface area contributed by atoms with Crippen LogP contribution in [0.3, 0.4) is 0 Å². The number of sulfonamides is 1. The molecule has 4 rings (SSSR count). The van der Waals surface area contributed by atoms with Gasteiger partial charge in [-0.05, 0) is 66.2 Å². The third kappa shape index (κ3) is 6.66. The normalized spacial score (nSPS) is 11.3. The minimum atomic E-state index is -3.98. The summed E-state index contributed by atoms with van der Waals surface area (Å²) >= 11 is 5.95. The molecule has 0 saturated carbocycles. The lowest BCUT2D eigenvalue weighted by Crippen LogP contribution is -2.37. The predicted octanol–water partition coefficient (Wildman–Crippen LogP) is 5.36. The Morgan fingerprint density at radius 2 is 1.57 bits per heavy atom. The van der Waals surface area contributed by atoms with E-state index in [1.165, 1.54) is 24.5 Å². The van der Waals surface area contributed by atoms with Gasteiger partial charge in [0, 0.05) is 29.6 Å². The number of ether oxygens (including phenoxy) is 1. The first-order chi connectivity index (χ1) is 16.9. The monoisotopic (exact) mass is 507 g/mol. The number of para-hydroxylation sites is 1. The van der Waals surface area contributed by atoms with Gasteiger partial charge in [-0.15, -0.1) is 0 Å². The van der Waals surface area contributed by atoms with E-state index in [4.69, 9.17) is 16.3 Å². The van der Waals surface area contributed by atoms with Crippen LogP contribution in [0.5, 0.6) is 11.5 Å². The van der Waals surface area contributed by atoms with E-state index in [-0.39, 0.29) is 18.0 Å².